The molecule has 1 aromatic rings. The van der Waals surface area contributed by atoms with Gasteiger partial charge in [-0.05, 0) is 18.3 Å². The van der Waals surface area contributed by atoms with Crippen LogP contribution in [0.3, 0.4) is 0 Å². The van der Waals surface area contributed by atoms with Crippen LogP contribution in [0.5, 0.6) is 0 Å². The number of hydrogen-bond donors (Lipinski definition) is 2. The number of carbonyl (C=O) groups is 1. The summed E-state index contributed by atoms with van der Waals surface area (Å²) in [6.07, 6.45) is 1.44. The number of fused-ring (bicyclic) bond motifs is 1. The van der Waals surface area contributed by atoms with Crippen LogP contribution in [0.2, 0.25) is 0 Å². The molecule has 0 fully saturated rings. The number of rotatable bonds is 5. The van der Waals surface area contributed by atoms with Gasteiger partial charge in [0.15, 0.2) is 5.82 Å². The quantitative estimate of drug-likeness (QED) is 0.860. The lowest BCUT2D eigenvalue weighted by Gasteiger charge is -2.41. The van der Waals surface area contributed by atoms with E-state index in [9.17, 15) is 9.90 Å². The topological polar surface area (TPSA) is 72.5 Å². The normalized spacial score (nSPS) is 19.1. The first kappa shape index (κ1) is 14.8. The van der Waals surface area contributed by atoms with Crippen LogP contribution < -0.4 is 4.90 Å². The van der Waals surface area contributed by atoms with Gasteiger partial charge >= 0.3 is 0 Å². The number of nitrogens with zero attached hydrogens (tertiary/aromatic N) is 3. The van der Waals surface area contributed by atoms with Crippen LogP contribution in [0, 0.1) is 11.8 Å². The SMILES string of the molecule is CC(C)CCN1C(=O)c2[nH]cnc2N(CC(C)C)C1O. The maximum Gasteiger partial charge on any atom is 0.277 e. The van der Waals surface area contributed by atoms with Gasteiger partial charge in [0.1, 0.15) is 5.69 Å². The van der Waals surface area contributed by atoms with Gasteiger partial charge in [-0.3, -0.25) is 9.69 Å². The summed E-state index contributed by atoms with van der Waals surface area (Å²) in [5.74, 6) is 1.23. The largest absolute Gasteiger partial charge is 0.356 e. The highest BCUT2D eigenvalue weighted by atomic mass is 16.3. The fourth-order valence-electron chi connectivity index (χ4n) is 2.38. The van der Waals surface area contributed by atoms with Crippen LogP contribution >= 0.6 is 0 Å². The van der Waals surface area contributed by atoms with E-state index >= 15 is 0 Å². The van der Waals surface area contributed by atoms with Gasteiger partial charge in [0.2, 0.25) is 6.35 Å². The Labute approximate surface area is 119 Å². The monoisotopic (exact) mass is 280 g/mol. The van der Waals surface area contributed by atoms with Crippen molar-refractivity contribution < 1.29 is 9.90 Å². The first-order valence-corrected chi connectivity index (χ1v) is 7.20. The lowest BCUT2D eigenvalue weighted by atomic mass is 10.1. The van der Waals surface area contributed by atoms with E-state index in [1.54, 1.807) is 4.90 Å². The summed E-state index contributed by atoms with van der Waals surface area (Å²) in [6.45, 7) is 9.57. The predicted molar refractivity (Wildman–Crippen MR) is 77.3 cm³/mol. The fraction of sp³-hybridized carbons (Fsp3) is 0.714. The molecule has 6 heteroatoms. The van der Waals surface area contributed by atoms with Crippen molar-refractivity contribution in [3.63, 3.8) is 0 Å². The minimum absolute atomic E-state index is 0.175. The van der Waals surface area contributed by atoms with Crippen molar-refractivity contribution in [1.82, 2.24) is 14.9 Å². The fourth-order valence-corrected chi connectivity index (χ4v) is 2.38. The zero-order chi connectivity index (χ0) is 14.9. The Morgan fingerprint density at radius 1 is 1.30 bits per heavy atom. The highest BCUT2D eigenvalue weighted by Gasteiger charge is 2.38. The van der Waals surface area contributed by atoms with E-state index in [-0.39, 0.29) is 5.91 Å². The molecule has 20 heavy (non-hydrogen) atoms. The third-order valence-electron chi connectivity index (χ3n) is 3.43. The molecule has 1 atom stereocenters. The van der Waals surface area contributed by atoms with E-state index in [0.717, 1.165) is 6.42 Å². The molecule has 0 saturated heterocycles. The molecule has 0 bridgehead atoms. The molecule has 0 spiro atoms. The number of anilines is 1. The highest BCUT2D eigenvalue weighted by molar-refractivity contribution is 5.99. The van der Waals surface area contributed by atoms with Gasteiger partial charge in [-0.1, -0.05) is 27.7 Å². The standard InChI is InChI=1S/C14H24N4O2/c1-9(2)5-6-17-13(19)11-12(16-8-15-11)18(14(17)20)7-10(3)4/h8-10,14,20H,5-7H2,1-4H3,(H,15,16). The number of hydrogen-bond acceptors (Lipinski definition) is 4. The molecule has 1 unspecified atom stereocenters. The van der Waals surface area contributed by atoms with Gasteiger partial charge in [0.05, 0.1) is 6.33 Å². The third kappa shape index (κ3) is 2.80. The van der Waals surface area contributed by atoms with Gasteiger partial charge in [-0.25, -0.2) is 4.98 Å². The molecule has 1 aliphatic rings. The smallest absolute Gasteiger partial charge is 0.277 e. The first-order valence-electron chi connectivity index (χ1n) is 7.20. The Balaban J connectivity index is 2.26. The van der Waals surface area contributed by atoms with E-state index in [0.29, 0.717) is 36.4 Å². The molecule has 1 aromatic heterocycles. The third-order valence-corrected chi connectivity index (χ3v) is 3.43. The summed E-state index contributed by atoms with van der Waals surface area (Å²) in [6, 6.07) is 0. The van der Waals surface area contributed by atoms with Gasteiger partial charge in [-0.2, -0.15) is 0 Å². The number of aliphatic hydroxyl groups excluding tert-OH is 1. The molecule has 1 amide bonds. The predicted octanol–water partition coefficient (Wildman–Crippen LogP) is 1.65. The summed E-state index contributed by atoms with van der Waals surface area (Å²) in [7, 11) is 0. The number of amides is 1. The lowest BCUT2D eigenvalue weighted by Crippen LogP contribution is -2.56. The van der Waals surface area contributed by atoms with Crippen molar-refractivity contribution in [3.05, 3.63) is 12.0 Å². The Morgan fingerprint density at radius 2 is 2.00 bits per heavy atom. The minimum atomic E-state index is -0.931. The van der Waals surface area contributed by atoms with Crippen LogP contribution in [0.1, 0.15) is 44.6 Å². The number of carbonyl (C=O) groups excluding carboxylic acids is 1. The van der Waals surface area contributed by atoms with E-state index in [4.69, 9.17) is 0 Å². The zero-order valence-corrected chi connectivity index (χ0v) is 12.6. The van der Waals surface area contributed by atoms with Crippen LogP contribution in [0.15, 0.2) is 6.33 Å². The molecule has 0 aliphatic carbocycles. The number of H-pyrrole nitrogens is 1. The molecular formula is C14H24N4O2. The Kier molecular flexibility index (Phi) is 4.32. The summed E-state index contributed by atoms with van der Waals surface area (Å²) in [5.41, 5.74) is 0.472. The lowest BCUT2D eigenvalue weighted by molar-refractivity contribution is -0.00195. The van der Waals surface area contributed by atoms with E-state index in [1.165, 1.54) is 11.2 Å². The molecule has 2 N–H and O–H groups in total. The molecule has 0 aromatic carbocycles. The molecule has 0 saturated carbocycles. The molecular weight excluding hydrogens is 256 g/mol. The first-order chi connectivity index (χ1) is 9.41. The molecule has 112 valence electrons. The molecule has 2 rings (SSSR count). The van der Waals surface area contributed by atoms with Gasteiger partial charge < -0.3 is 15.0 Å². The zero-order valence-electron chi connectivity index (χ0n) is 12.6. The van der Waals surface area contributed by atoms with Crippen LogP contribution in [-0.4, -0.2) is 45.3 Å². The van der Waals surface area contributed by atoms with Crippen LogP contribution in [-0.2, 0) is 0 Å². The minimum Gasteiger partial charge on any atom is -0.356 e. The summed E-state index contributed by atoms with van der Waals surface area (Å²) >= 11 is 0. The van der Waals surface area contributed by atoms with Crippen molar-refractivity contribution >= 4 is 11.7 Å². The molecule has 1 aliphatic heterocycles. The highest BCUT2D eigenvalue weighted by Crippen LogP contribution is 2.28. The Morgan fingerprint density at radius 3 is 2.60 bits per heavy atom. The second kappa shape index (κ2) is 5.83. The number of nitrogens with one attached hydrogen (secondary N) is 1. The Hall–Kier alpha value is -1.56. The number of aromatic nitrogens is 2. The molecule has 6 nitrogen and oxygen atoms in total. The van der Waals surface area contributed by atoms with Crippen molar-refractivity contribution in [2.24, 2.45) is 11.8 Å². The summed E-state index contributed by atoms with van der Waals surface area (Å²) in [4.78, 5) is 22.8. The van der Waals surface area contributed by atoms with E-state index in [1.807, 2.05) is 0 Å². The van der Waals surface area contributed by atoms with E-state index in [2.05, 4.69) is 37.7 Å². The van der Waals surface area contributed by atoms with Crippen molar-refractivity contribution in [2.75, 3.05) is 18.0 Å². The maximum absolute atomic E-state index is 12.4. The average molecular weight is 280 g/mol. The summed E-state index contributed by atoms with van der Waals surface area (Å²) in [5, 5.41) is 10.5. The second-order valence-corrected chi connectivity index (χ2v) is 6.17. The number of aromatic amines is 1. The van der Waals surface area contributed by atoms with Crippen LogP contribution in [0.25, 0.3) is 0 Å². The van der Waals surface area contributed by atoms with Crippen molar-refractivity contribution in [1.29, 1.82) is 0 Å². The number of aliphatic hydroxyl groups is 1. The van der Waals surface area contributed by atoms with Crippen molar-refractivity contribution in [2.45, 2.75) is 40.5 Å². The van der Waals surface area contributed by atoms with Crippen LogP contribution in [0.4, 0.5) is 5.82 Å². The van der Waals surface area contributed by atoms with Crippen molar-refractivity contribution in [3.8, 4) is 0 Å². The second-order valence-electron chi connectivity index (χ2n) is 6.17. The van der Waals surface area contributed by atoms with Gasteiger partial charge in [-0.15, -0.1) is 0 Å². The van der Waals surface area contributed by atoms with Gasteiger partial charge in [0.25, 0.3) is 5.91 Å². The molecule has 2 heterocycles. The summed E-state index contributed by atoms with van der Waals surface area (Å²) < 4.78 is 0. The van der Waals surface area contributed by atoms with Gasteiger partial charge in [0, 0.05) is 13.1 Å². The average Bonchev–Trinajstić information content (AvgIpc) is 2.83. The molecule has 0 radical (unpaired) electrons. The van der Waals surface area contributed by atoms with E-state index < -0.39 is 6.35 Å². The Bertz CT molecular complexity index is 469. The number of imidazole rings is 1. The maximum atomic E-state index is 12.4.